The summed E-state index contributed by atoms with van der Waals surface area (Å²) in [6.45, 7) is 2.51. The van der Waals surface area contributed by atoms with Gasteiger partial charge in [-0.05, 0) is 43.2 Å². The zero-order chi connectivity index (χ0) is 17.8. The summed E-state index contributed by atoms with van der Waals surface area (Å²) in [5, 5.41) is 5.75. The molecule has 0 heterocycles. The molecule has 0 saturated heterocycles. The second kappa shape index (κ2) is 7.38. The fourth-order valence-electron chi connectivity index (χ4n) is 2.71. The normalized spacial score (nSPS) is 18.3. The van der Waals surface area contributed by atoms with E-state index in [2.05, 4.69) is 10.6 Å². The second-order valence-electron chi connectivity index (χ2n) is 6.37. The molecule has 3 rings (SSSR count). The van der Waals surface area contributed by atoms with Crippen molar-refractivity contribution in [2.24, 2.45) is 11.8 Å². The van der Waals surface area contributed by atoms with Gasteiger partial charge in [-0.25, -0.2) is 0 Å². The van der Waals surface area contributed by atoms with Crippen molar-refractivity contribution in [3.05, 3.63) is 59.7 Å². The lowest BCUT2D eigenvalue weighted by molar-refractivity contribution is -0.125. The van der Waals surface area contributed by atoms with E-state index in [0.717, 1.165) is 11.3 Å². The first-order valence-corrected chi connectivity index (χ1v) is 8.35. The van der Waals surface area contributed by atoms with Crippen LogP contribution in [0.25, 0.3) is 0 Å². The summed E-state index contributed by atoms with van der Waals surface area (Å²) in [5.74, 6) is 0.0812. The van der Waals surface area contributed by atoms with Gasteiger partial charge in [0.15, 0.2) is 0 Å². The molecule has 2 N–H and O–H groups in total. The molecule has 130 valence electrons. The lowest BCUT2D eigenvalue weighted by atomic mass is 10.1. The van der Waals surface area contributed by atoms with E-state index in [4.69, 9.17) is 4.74 Å². The van der Waals surface area contributed by atoms with E-state index < -0.39 is 0 Å². The Morgan fingerprint density at radius 1 is 1.00 bits per heavy atom. The topological polar surface area (TPSA) is 67.4 Å². The molecule has 1 aliphatic rings. The van der Waals surface area contributed by atoms with E-state index in [0.29, 0.717) is 18.7 Å². The van der Waals surface area contributed by atoms with Gasteiger partial charge in [0.2, 0.25) is 11.8 Å². The third-order valence-electron chi connectivity index (χ3n) is 4.41. The van der Waals surface area contributed by atoms with Crippen molar-refractivity contribution >= 4 is 17.5 Å². The molecule has 0 spiro atoms. The molecule has 0 aromatic heterocycles. The number of anilines is 1. The molecule has 2 atom stereocenters. The fourth-order valence-corrected chi connectivity index (χ4v) is 2.71. The second-order valence-corrected chi connectivity index (χ2v) is 6.37. The fraction of sp³-hybridized carbons (Fsp3) is 0.300. The average molecular weight is 338 g/mol. The van der Waals surface area contributed by atoms with Crippen LogP contribution < -0.4 is 15.4 Å². The molecule has 0 radical (unpaired) electrons. The zero-order valence-electron chi connectivity index (χ0n) is 14.4. The summed E-state index contributed by atoms with van der Waals surface area (Å²) in [5.41, 5.74) is 2.95. The number of carbonyl (C=O) groups is 2. The van der Waals surface area contributed by atoms with Gasteiger partial charge in [0.1, 0.15) is 5.75 Å². The van der Waals surface area contributed by atoms with Crippen molar-refractivity contribution in [1.82, 2.24) is 5.32 Å². The number of nitrogens with one attached hydrogen (secondary N) is 2. The Morgan fingerprint density at radius 3 is 2.28 bits per heavy atom. The molecule has 1 aliphatic carbocycles. The first kappa shape index (κ1) is 17.0. The summed E-state index contributed by atoms with van der Waals surface area (Å²) in [6.07, 6.45) is 0.599. The monoisotopic (exact) mass is 338 g/mol. The van der Waals surface area contributed by atoms with Crippen LogP contribution in [-0.2, 0) is 16.1 Å². The molecule has 2 aromatic rings. The van der Waals surface area contributed by atoms with Crippen LogP contribution in [0.15, 0.2) is 48.5 Å². The number of aryl methyl sites for hydroxylation is 1. The van der Waals surface area contributed by atoms with Crippen LogP contribution in [0, 0.1) is 18.8 Å². The number of amides is 2. The first-order chi connectivity index (χ1) is 12.1. The predicted molar refractivity (Wildman–Crippen MR) is 96.2 cm³/mol. The Labute approximate surface area is 147 Å². The highest BCUT2D eigenvalue weighted by Crippen LogP contribution is 2.39. The maximum atomic E-state index is 12.2. The van der Waals surface area contributed by atoms with Crippen LogP contribution in [0.3, 0.4) is 0 Å². The van der Waals surface area contributed by atoms with Gasteiger partial charge in [0.25, 0.3) is 0 Å². The Hall–Kier alpha value is -2.82. The van der Waals surface area contributed by atoms with Gasteiger partial charge in [0.05, 0.1) is 18.9 Å². The SMILES string of the molecule is COc1ccc(NC(=O)C2CC2C(=O)NCc2ccc(C)cc2)cc1. The summed E-state index contributed by atoms with van der Waals surface area (Å²) >= 11 is 0. The molecular formula is C20H22N2O3. The maximum Gasteiger partial charge on any atom is 0.228 e. The van der Waals surface area contributed by atoms with Crippen LogP contribution in [0.5, 0.6) is 5.75 Å². The number of ether oxygens (including phenoxy) is 1. The highest BCUT2D eigenvalue weighted by atomic mass is 16.5. The van der Waals surface area contributed by atoms with Crippen LogP contribution in [0.2, 0.25) is 0 Å². The number of carbonyl (C=O) groups excluding carboxylic acids is 2. The summed E-state index contributed by atoms with van der Waals surface area (Å²) in [4.78, 5) is 24.4. The Morgan fingerprint density at radius 2 is 1.64 bits per heavy atom. The van der Waals surface area contributed by atoms with Gasteiger partial charge in [-0.2, -0.15) is 0 Å². The van der Waals surface area contributed by atoms with Crippen molar-refractivity contribution in [2.45, 2.75) is 19.9 Å². The zero-order valence-corrected chi connectivity index (χ0v) is 14.4. The number of methoxy groups -OCH3 is 1. The van der Waals surface area contributed by atoms with Gasteiger partial charge in [0, 0.05) is 12.2 Å². The van der Waals surface area contributed by atoms with E-state index in [1.807, 2.05) is 31.2 Å². The molecule has 5 heteroatoms. The maximum absolute atomic E-state index is 12.2. The Balaban J connectivity index is 1.46. The Bertz CT molecular complexity index is 754. The smallest absolute Gasteiger partial charge is 0.228 e. The van der Waals surface area contributed by atoms with Gasteiger partial charge in [-0.1, -0.05) is 29.8 Å². The van der Waals surface area contributed by atoms with Crippen molar-refractivity contribution in [2.75, 3.05) is 12.4 Å². The largest absolute Gasteiger partial charge is 0.497 e. The molecular weight excluding hydrogens is 316 g/mol. The molecule has 0 bridgehead atoms. The third-order valence-corrected chi connectivity index (χ3v) is 4.41. The highest BCUT2D eigenvalue weighted by molar-refractivity contribution is 5.99. The minimum absolute atomic E-state index is 0.0598. The van der Waals surface area contributed by atoms with Gasteiger partial charge < -0.3 is 15.4 Å². The van der Waals surface area contributed by atoms with Gasteiger partial charge >= 0.3 is 0 Å². The molecule has 1 fully saturated rings. The van der Waals surface area contributed by atoms with E-state index in [9.17, 15) is 9.59 Å². The summed E-state index contributed by atoms with van der Waals surface area (Å²) < 4.78 is 5.09. The lowest BCUT2D eigenvalue weighted by Gasteiger charge is -2.07. The first-order valence-electron chi connectivity index (χ1n) is 8.35. The number of hydrogen-bond donors (Lipinski definition) is 2. The van der Waals surface area contributed by atoms with E-state index in [1.165, 1.54) is 5.56 Å². The van der Waals surface area contributed by atoms with Crippen LogP contribution >= 0.6 is 0 Å². The standard InChI is InChI=1S/C20H22N2O3/c1-13-3-5-14(6-4-13)12-21-19(23)17-11-18(17)20(24)22-15-7-9-16(25-2)10-8-15/h3-10,17-18H,11-12H2,1-2H3,(H,21,23)(H,22,24). The quantitative estimate of drug-likeness (QED) is 0.851. The molecule has 2 amide bonds. The Kier molecular flexibility index (Phi) is 5.03. The molecule has 2 unspecified atom stereocenters. The van der Waals surface area contributed by atoms with Crippen LogP contribution in [-0.4, -0.2) is 18.9 Å². The van der Waals surface area contributed by atoms with Crippen LogP contribution in [0.1, 0.15) is 17.5 Å². The van der Waals surface area contributed by atoms with Gasteiger partial charge in [-0.3, -0.25) is 9.59 Å². The molecule has 2 aromatic carbocycles. The van der Waals surface area contributed by atoms with Gasteiger partial charge in [-0.15, -0.1) is 0 Å². The van der Waals surface area contributed by atoms with E-state index in [-0.39, 0.29) is 23.7 Å². The molecule has 1 saturated carbocycles. The number of rotatable bonds is 6. The van der Waals surface area contributed by atoms with E-state index in [1.54, 1.807) is 31.4 Å². The van der Waals surface area contributed by atoms with E-state index >= 15 is 0 Å². The van der Waals surface area contributed by atoms with Crippen molar-refractivity contribution < 1.29 is 14.3 Å². The number of hydrogen-bond acceptors (Lipinski definition) is 3. The van der Waals surface area contributed by atoms with Crippen molar-refractivity contribution in [1.29, 1.82) is 0 Å². The van der Waals surface area contributed by atoms with Crippen molar-refractivity contribution in [3.8, 4) is 5.75 Å². The minimum Gasteiger partial charge on any atom is -0.497 e. The summed E-state index contributed by atoms with van der Waals surface area (Å²) in [7, 11) is 1.59. The number of benzene rings is 2. The molecule has 25 heavy (non-hydrogen) atoms. The van der Waals surface area contributed by atoms with Crippen molar-refractivity contribution in [3.63, 3.8) is 0 Å². The molecule has 0 aliphatic heterocycles. The lowest BCUT2D eigenvalue weighted by Crippen LogP contribution is -2.27. The predicted octanol–water partition coefficient (Wildman–Crippen LogP) is 2.89. The minimum atomic E-state index is -0.250. The third kappa shape index (κ3) is 4.38. The summed E-state index contributed by atoms with van der Waals surface area (Å²) in [6, 6.07) is 15.2. The molecule has 5 nitrogen and oxygen atoms in total. The van der Waals surface area contributed by atoms with Crippen LogP contribution in [0.4, 0.5) is 5.69 Å². The average Bonchev–Trinajstić information content (AvgIpc) is 3.43. The highest BCUT2D eigenvalue weighted by Gasteiger charge is 2.47.